The summed E-state index contributed by atoms with van der Waals surface area (Å²) < 4.78 is 26.8. The second-order valence-corrected chi connectivity index (χ2v) is 7.99. The molecule has 2 amide bonds. The van der Waals surface area contributed by atoms with E-state index in [1.54, 1.807) is 49.5 Å². The molecule has 0 fully saturated rings. The van der Waals surface area contributed by atoms with E-state index in [1.165, 1.54) is 23.6 Å². The van der Waals surface area contributed by atoms with Crippen molar-refractivity contribution in [3.8, 4) is 11.3 Å². The first-order valence-electron chi connectivity index (χ1n) is 9.46. The highest BCUT2D eigenvalue weighted by Gasteiger charge is 2.15. The van der Waals surface area contributed by atoms with Crippen molar-refractivity contribution in [1.29, 1.82) is 0 Å². The van der Waals surface area contributed by atoms with Crippen LogP contribution < -0.4 is 10.6 Å². The number of halogens is 2. The zero-order valence-electron chi connectivity index (χ0n) is 16.7. The van der Waals surface area contributed by atoms with Gasteiger partial charge in [-0.3, -0.25) is 19.9 Å². The third kappa shape index (κ3) is 4.68. The lowest BCUT2D eigenvalue weighted by molar-refractivity contribution is 0.101. The number of aromatic nitrogens is 2. The average molecular weight is 450 g/mol. The molecule has 4 aromatic rings. The van der Waals surface area contributed by atoms with Crippen LogP contribution in [0.1, 0.15) is 25.6 Å². The van der Waals surface area contributed by atoms with E-state index in [0.717, 1.165) is 17.0 Å². The Morgan fingerprint density at radius 3 is 2.44 bits per heavy atom. The molecular weight excluding hydrogens is 434 g/mol. The smallest absolute Gasteiger partial charge is 0.257 e. The molecule has 2 aromatic heterocycles. The number of hydrogen-bond acceptors (Lipinski definition) is 5. The summed E-state index contributed by atoms with van der Waals surface area (Å²) in [6, 6.07) is 13.3. The Morgan fingerprint density at radius 1 is 0.906 bits per heavy atom. The van der Waals surface area contributed by atoms with Gasteiger partial charge in [0.1, 0.15) is 0 Å². The van der Waals surface area contributed by atoms with Crippen molar-refractivity contribution in [2.75, 3.05) is 10.6 Å². The van der Waals surface area contributed by atoms with Gasteiger partial charge >= 0.3 is 0 Å². The molecule has 0 saturated heterocycles. The van der Waals surface area contributed by atoms with Gasteiger partial charge in [-0.2, -0.15) is 0 Å². The average Bonchev–Trinajstić information content (AvgIpc) is 3.16. The van der Waals surface area contributed by atoms with E-state index in [4.69, 9.17) is 0 Å². The van der Waals surface area contributed by atoms with Gasteiger partial charge in [-0.15, -0.1) is 11.3 Å². The fraction of sp³-hybridized carbons (Fsp3) is 0.0435. The van der Waals surface area contributed by atoms with E-state index in [1.807, 2.05) is 0 Å². The predicted octanol–water partition coefficient (Wildman–Crippen LogP) is 5.30. The van der Waals surface area contributed by atoms with E-state index in [2.05, 4.69) is 20.6 Å². The molecule has 0 saturated carbocycles. The van der Waals surface area contributed by atoms with Crippen LogP contribution in [0.2, 0.25) is 0 Å². The van der Waals surface area contributed by atoms with Gasteiger partial charge in [0.05, 0.1) is 11.3 Å². The largest absolute Gasteiger partial charge is 0.322 e. The summed E-state index contributed by atoms with van der Waals surface area (Å²) in [5.41, 5.74) is 2.03. The Balaban J connectivity index is 1.49. The first kappa shape index (κ1) is 21.3. The van der Waals surface area contributed by atoms with Crippen LogP contribution in [0.4, 0.5) is 19.6 Å². The number of nitrogens with zero attached hydrogens (tertiary/aromatic N) is 2. The van der Waals surface area contributed by atoms with Crippen molar-refractivity contribution in [1.82, 2.24) is 9.97 Å². The van der Waals surface area contributed by atoms with Crippen LogP contribution in [0.25, 0.3) is 11.3 Å². The predicted molar refractivity (Wildman–Crippen MR) is 119 cm³/mol. The number of carbonyl (C=O) groups excluding carboxylic acids is 2. The van der Waals surface area contributed by atoms with Gasteiger partial charge in [0, 0.05) is 34.1 Å². The number of nitrogens with one attached hydrogen (secondary N) is 2. The van der Waals surface area contributed by atoms with Gasteiger partial charge in [-0.1, -0.05) is 6.07 Å². The highest BCUT2D eigenvalue weighted by molar-refractivity contribution is 7.16. The summed E-state index contributed by atoms with van der Waals surface area (Å²) in [6.07, 6.45) is 3.02. The third-order valence-electron chi connectivity index (χ3n) is 4.52. The number of thiazole rings is 1. The molecule has 0 aliphatic carbocycles. The second-order valence-electron chi connectivity index (χ2n) is 6.78. The van der Waals surface area contributed by atoms with Crippen molar-refractivity contribution in [2.24, 2.45) is 0 Å². The molecule has 9 heteroatoms. The van der Waals surface area contributed by atoms with Gasteiger partial charge in [-0.05, 0) is 55.5 Å². The quantitative estimate of drug-likeness (QED) is 0.432. The normalized spacial score (nSPS) is 10.6. The third-order valence-corrected chi connectivity index (χ3v) is 5.40. The Bertz CT molecular complexity index is 1310. The number of benzene rings is 2. The maximum Gasteiger partial charge on any atom is 0.257 e. The first-order valence-corrected chi connectivity index (χ1v) is 10.3. The van der Waals surface area contributed by atoms with Crippen LogP contribution >= 0.6 is 11.3 Å². The summed E-state index contributed by atoms with van der Waals surface area (Å²) >= 11 is 1.22. The zero-order valence-corrected chi connectivity index (χ0v) is 17.5. The van der Waals surface area contributed by atoms with E-state index in [9.17, 15) is 18.4 Å². The first-order chi connectivity index (χ1) is 15.4. The van der Waals surface area contributed by atoms with E-state index in [0.29, 0.717) is 33.2 Å². The topological polar surface area (TPSA) is 84.0 Å². The summed E-state index contributed by atoms with van der Waals surface area (Å²) in [7, 11) is 0. The van der Waals surface area contributed by atoms with Gasteiger partial charge < -0.3 is 5.32 Å². The molecule has 2 heterocycles. The van der Waals surface area contributed by atoms with E-state index in [-0.39, 0.29) is 5.91 Å². The van der Waals surface area contributed by atoms with Gasteiger partial charge in [-0.25, -0.2) is 13.8 Å². The van der Waals surface area contributed by atoms with Gasteiger partial charge in [0.2, 0.25) is 0 Å². The number of amides is 2. The summed E-state index contributed by atoms with van der Waals surface area (Å²) in [6.45, 7) is 1.78. The van der Waals surface area contributed by atoms with Gasteiger partial charge in [0.15, 0.2) is 16.8 Å². The summed E-state index contributed by atoms with van der Waals surface area (Å²) in [5.74, 6) is -2.67. The lowest BCUT2D eigenvalue weighted by atomic mass is 10.1. The SMILES string of the molecule is Cc1sc(NC(=O)c2cccc(NC(=O)c3cccnc3)c2)nc1-c1ccc(F)c(F)c1. The van der Waals surface area contributed by atoms with Crippen LogP contribution in [0.3, 0.4) is 0 Å². The summed E-state index contributed by atoms with van der Waals surface area (Å²) in [5, 5.41) is 5.75. The van der Waals surface area contributed by atoms with Crippen LogP contribution in [0, 0.1) is 18.6 Å². The van der Waals surface area contributed by atoms with Crippen molar-refractivity contribution >= 4 is 34.0 Å². The number of carbonyl (C=O) groups is 2. The molecule has 160 valence electrons. The standard InChI is InChI=1S/C23H16F2N4O2S/c1-13-20(14-7-8-18(24)19(25)11-14)28-23(32-13)29-21(30)15-4-2-6-17(10-15)27-22(31)16-5-3-9-26-12-16/h2-12H,1H3,(H,27,31)(H,28,29,30). The minimum Gasteiger partial charge on any atom is -0.322 e. The molecular formula is C23H16F2N4O2S. The molecule has 6 nitrogen and oxygen atoms in total. The molecule has 4 rings (SSSR count). The molecule has 0 radical (unpaired) electrons. The van der Waals surface area contributed by atoms with Gasteiger partial charge in [0.25, 0.3) is 11.8 Å². The second kappa shape index (κ2) is 9.03. The minimum atomic E-state index is -0.967. The molecule has 0 aliphatic heterocycles. The van der Waals surface area contributed by atoms with Crippen LogP contribution in [-0.4, -0.2) is 21.8 Å². The fourth-order valence-electron chi connectivity index (χ4n) is 2.97. The monoisotopic (exact) mass is 450 g/mol. The Hall–Kier alpha value is -3.98. The molecule has 0 aliphatic rings. The Labute approximate surface area is 186 Å². The molecule has 2 N–H and O–H groups in total. The Kier molecular flexibility index (Phi) is 6.00. The van der Waals surface area contributed by atoms with Crippen molar-refractivity contribution < 1.29 is 18.4 Å². The number of anilines is 2. The highest BCUT2D eigenvalue weighted by atomic mass is 32.1. The van der Waals surface area contributed by atoms with Crippen LogP contribution in [0.5, 0.6) is 0 Å². The molecule has 0 bridgehead atoms. The number of hydrogen-bond donors (Lipinski definition) is 2. The molecule has 0 unspecified atom stereocenters. The van der Waals surface area contributed by atoms with Crippen molar-refractivity contribution in [3.63, 3.8) is 0 Å². The summed E-state index contributed by atoms with van der Waals surface area (Å²) in [4.78, 5) is 34.0. The minimum absolute atomic E-state index is 0.316. The lowest BCUT2D eigenvalue weighted by Gasteiger charge is -2.07. The highest BCUT2D eigenvalue weighted by Crippen LogP contribution is 2.31. The van der Waals surface area contributed by atoms with Crippen LogP contribution in [-0.2, 0) is 0 Å². The fourth-order valence-corrected chi connectivity index (χ4v) is 3.80. The number of pyridine rings is 1. The zero-order chi connectivity index (χ0) is 22.7. The van der Waals surface area contributed by atoms with E-state index < -0.39 is 17.5 Å². The molecule has 2 aromatic carbocycles. The Morgan fingerprint density at radius 2 is 1.69 bits per heavy atom. The molecule has 32 heavy (non-hydrogen) atoms. The number of aryl methyl sites for hydroxylation is 1. The van der Waals surface area contributed by atoms with Crippen molar-refractivity contribution in [2.45, 2.75) is 6.92 Å². The van der Waals surface area contributed by atoms with Crippen LogP contribution in [0.15, 0.2) is 67.0 Å². The maximum absolute atomic E-state index is 13.6. The lowest BCUT2D eigenvalue weighted by Crippen LogP contribution is -2.14. The number of rotatable bonds is 5. The van der Waals surface area contributed by atoms with E-state index >= 15 is 0 Å². The molecule has 0 spiro atoms. The maximum atomic E-state index is 13.6. The van der Waals surface area contributed by atoms with Crippen molar-refractivity contribution in [3.05, 3.63) is 94.6 Å². The molecule has 0 atom stereocenters.